The van der Waals surface area contributed by atoms with Crippen molar-refractivity contribution < 1.29 is 18.7 Å². The molecule has 12 heteroatoms. The predicted molar refractivity (Wildman–Crippen MR) is 121 cm³/mol. The first-order valence-electron chi connectivity index (χ1n) is 10.8. The van der Waals surface area contributed by atoms with Crippen LogP contribution >= 0.6 is 23.2 Å². The lowest BCUT2D eigenvalue weighted by Gasteiger charge is -2.28. The molecule has 4 rings (SSSR count). The van der Waals surface area contributed by atoms with E-state index in [0.29, 0.717) is 46.9 Å². The van der Waals surface area contributed by atoms with Gasteiger partial charge in [0.15, 0.2) is 0 Å². The summed E-state index contributed by atoms with van der Waals surface area (Å²) in [6, 6.07) is 4.40. The topological polar surface area (TPSA) is 98.3 Å². The maximum atomic E-state index is 14.5. The van der Waals surface area contributed by atoms with Crippen LogP contribution in [0.25, 0.3) is 0 Å². The maximum Gasteiger partial charge on any atom is 0.351 e. The number of aromatic nitrogens is 3. The van der Waals surface area contributed by atoms with Crippen molar-refractivity contribution in [2.75, 3.05) is 25.0 Å². The van der Waals surface area contributed by atoms with Gasteiger partial charge in [-0.1, -0.05) is 11.6 Å². The Hall–Kier alpha value is -2.30. The number of hydrazone groups is 1. The van der Waals surface area contributed by atoms with E-state index in [9.17, 15) is 14.0 Å². The van der Waals surface area contributed by atoms with Crippen LogP contribution in [0.2, 0.25) is 5.02 Å². The van der Waals surface area contributed by atoms with E-state index in [0.717, 1.165) is 37.2 Å². The molecule has 0 spiro atoms. The second kappa shape index (κ2) is 10.3. The van der Waals surface area contributed by atoms with E-state index in [1.807, 2.05) is 0 Å². The second-order valence-electron chi connectivity index (χ2n) is 8.26. The van der Waals surface area contributed by atoms with Gasteiger partial charge in [0.25, 0.3) is 0 Å². The Bertz CT molecular complexity index is 1010. The number of halogens is 4. The number of nitrogens with zero attached hydrogens (tertiary/aromatic N) is 4. The zero-order valence-electron chi connectivity index (χ0n) is 17.8. The minimum atomic E-state index is -3.34. The molecule has 33 heavy (non-hydrogen) atoms. The Kier molecular flexibility index (Phi) is 7.45. The van der Waals surface area contributed by atoms with E-state index in [2.05, 4.69) is 31.1 Å². The van der Waals surface area contributed by atoms with Crippen LogP contribution in [0.1, 0.15) is 30.7 Å². The molecule has 2 unspecified atom stereocenters. The smallest absolute Gasteiger partial charge is 0.348 e. The summed E-state index contributed by atoms with van der Waals surface area (Å²) in [5.74, 6) is -2.94. The number of alkyl halides is 3. The van der Waals surface area contributed by atoms with Crippen LogP contribution < -0.4 is 20.8 Å². The van der Waals surface area contributed by atoms with Crippen molar-refractivity contribution in [3.8, 4) is 0 Å². The van der Waals surface area contributed by atoms with Crippen molar-refractivity contribution in [1.29, 1.82) is 0 Å². The Morgan fingerprint density at radius 2 is 2.15 bits per heavy atom. The zero-order chi connectivity index (χ0) is 23.4. The van der Waals surface area contributed by atoms with Gasteiger partial charge in [-0.05, 0) is 25.3 Å². The van der Waals surface area contributed by atoms with Crippen LogP contribution in [0.15, 0.2) is 35.7 Å². The van der Waals surface area contributed by atoms with E-state index in [1.54, 1.807) is 0 Å². The fraction of sp³-hybridized carbons (Fsp3) is 0.524. The molecule has 0 radical (unpaired) electrons. The third kappa shape index (κ3) is 5.80. The summed E-state index contributed by atoms with van der Waals surface area (Å²) in [5.41, 5.74) is 4.29. The van der Waals surface area contributed by atoms with Gasteiger partial charge in [-0.15, -0.1) is 11.6 Å². The molecule has 178 valence electrons. The number of hydrogen-bond acceptors (Lipinski definition) is 7. The van der Waals surface area contributed by atoms with Crippen molar-refractivity contribution >= 4 is 34.9 Å². The quantitative estimate of drug-likeness (QED) is 0.183. The van der Waals surface area contributed by atoms with Gasteiger partial charge in [0.2, 0.25) is 12.1 Å². The first-order chi connectivity index (χ1) is 15.8. The van der Waals surface area contributed by atoms with Crippen molar-refractivity contribution in [3.63, 3.8) is 0 Å². The molecule has 3 atom stereocenters. The number of fused-ring (bicyclic) bond motifs is 1. The van der Waals surface area contributed by atoms with E-state index in [-0.39, 0.29) is 11.3 Å². The maximum absolute atomic E-state index is 14.5. The summed E-state index contributed by atoms with van der Waals surface area (Å²) in [4.78, 5) is 8.26. The fourth-order valence-corrected chi connectivity index (χ4v) is 4.66. The number of pyridine rings is 1. The molecule has 4 N–H and O–H groups in total. The summed E-state index contributed by atoms with van der Waals surface area (Å²) in [6.45, 7) is 0.436. The Morgan fingerprint density at radius 3 is 2.97 bits per heavy atom. The van der Waals surface area contributed by atoms with Crippen LogP contribution in [0.5, 0.6) is 0 Å². The Labute approximate surface area is 200 Å². The highest BCUT2D eigenvalue weighted by molar-refractivity contribution is 6.31. The SMILES string of the molecule is O[n+]1ccccc1C(F)(F)CNc1ncc(Cl)c(CCNCC2=NNC3CC[C@H](Cl)CC23)n1. The highest BCUT2D eigenvalue weighted by Gasteiger charge is 2.41. The average Bonchev–Trinajstić information content (AvgIpc) is 3.19. The van der Waals surface area contributed by atoms with E-state index >= 15 is 0 Å². The van der Waals surface area contributed by atoms with Crippen molar-refractivity contribution in [3.05, 3.63) is 47.0 Å². The van der Waals surface area contributed by atoms with E-state index in [4.69, 9.17) is 23.2 Å². The zero-order valence-corrected chi connectivity index (χ0v) is 19.3. The molecule has 0 aromatic carbocycles. The third-order valence-corrected chi connectivity index (χ3v) is 6.64. The first kappa shape index (κ1) is 23.8. The molecule has 0 bridgehead atoms. The lowest BCUT2D eigenvalue weighted by atomic mass is 9.82. The predicted octanol–water partition coefficient (Wildman–Crippen LogP) is 2.73. The first-order valence-corrected chi connectivity index (χ1v) is 11.6. The van der Waals surface area contributed by atoms with Crippen LogP contribution in [-0.2, 0) is 12.3 Å². The highest BCUT2D eigenvalue weighted by Crippen LogP contribution is 2.32. The molecule has 0 amide bonds. The van der Waals surface area contributed by atoms with Crippen LogP contribution in [0.4, 0.5) is 14.7 Å². The van der Waals surface area contributed by atoms with Crippen LogP contribution in [-0.4, -0.2) is 51.9 Å². The normalized spacial score (nSPS) is 22.4. The molecular weight excluding hydrogens is 475 g/mol. The molecule has 1 aliphatic heterocycles. The van der Waals surface area contributed by atoms with E-state index < -0.39 is 18.2 Å². The van der Waals surface area contributed by atoms with Gasteiger partial charge in [0, 0.05) is 47.7 Å². The number of nitrogens with one attached hydrogen (secondary N) is 3. The van der Waals surface area contributed by atoms with Crippen LogP contribution in [0.3, 0.4) is 0 Å². The monoisotopic (exact) mass is 500 g/mol. The standard InChI is InChI=1S/C21H26Cl2F2N7O/c22-13-4-5-16-14(9-13)18(31-30-16)11-26-7-6-17-15(23)10-27-20(29-17)28-12-21(24,25)19-3-1-2-8-32(19)33/h1-3,8,10,13-14,16,26,30,33H,4-7,9,11-12H2,(H,27,28,29)/q+1/t13-,14?,16?/m0/s1. The number of hydrogen-bond donors (Lipinski definition) is 4. The molecule has 1 aliphatic carbocycles. The van der Waals surface area contributed by atoms with Gasteiger partial charge in [0.1, 0.15) is 0 Å². The molecular formula is C21H26Cl2F2N7O+. The van der Waals surface area contributed by atoms with Gasteiger partial charge in [-0.25, -0.2) is 9.97 Å². The Balaban J connectivity index is 1.28. The van der Waals surface area contributed by atoms with Crippen LogP contribution in [0, 0.1) is 5.92 Å². The summed E-state index contributed by atoms with van der Waals surface area (Å²) < 4.78 is 29.3. The van der Waals surface area contributed by atoms with Crippen molar-refractivity contribution in [2.45, 2.75) is 43.0 Å². The van der Waals surface area contributed by atoms with Gasteiger partial charge in [-0.3, -0.25) is 5.21 Å². The van der Waals surface area contributed by atoms with Gasteiger partial charge < -0.3 is 16.1 Å². The molecule has 3 heterocycles. The molecule has 0 saturated heterocycles. The summed E-state index contributed by atoms with van der Waals surface area (Å²) >= 11 is 12.5. The highest BCUT2D eigenvalue weighted by atomic mass is 35.5. The molecule has 2 aliphatic rings. The summed E-state index contributed by atoms with van der Waals surface area (Å²) in [7, 11) is 0. The molecule has 1 fully saturated rings. The minimum Gasteiger partial charge on any atom is -0.348 e. The second-order valence-corrected chi connectivity index (χ2v) is 9.28. The lowest BCUT2D eigenvalue weighted by molar-refractivity contribution is -0.913. The molecule has 8 nitrogen and oxygen atoms in total. The number of rotatable bonds is 9. The lowest BCUT2D eigenvalue weighted by Crippen LogP contribution is -2.43. The fourth-order valence-electron chi connectivity index (χ4n) is 4.15. The van der Waals surface area contributed by atoms with E-state index in [1.165, 1.54) is 18.3 Å². The van der Waals surface area contributed by atoms with Gasteiger partial charge >= 0.3 is 11.6 Å². The Morgan fingerprint density at radius 1 is 1.30 bits per heavy atom. The summed E-state index contributed by atoms with van der Waals surface area (Å²) in [5, 5.41) is 20.5. The van der Waals surface area contributed by atoms with Gasteiger partial charge in [0.05, 0.1) is 35.2 Å². The largest absolute Gasteiger partial charge is 0.351 e. The molecule has 2 aromatic rings. The van der Waals surface area contributed by atoms with Gasteiger partial charge in [-0.2, -0.15) is 13.9 Å². The number of anilines is 1. The third-order valence-electron chi connectivity index (χ3n) is 5.93. The summed E-state index contributed by atoms with van der Waals surface area (Å²) in [6.07, 6.45) is 5.98. The van der Waals surface area contributed by atoms with Crippen molar-refractivity contribution in [2.24, 2.45) is 11.0 Å². The molecule has 1 saturated carbocycles. The minimum absolute atomic E-state index is 0.0389. The van der Waals surface area contributed by atoms with Crippen molar-refractivity contribution in [1.82, 2.24) is 20.7 Å². The average molecular weight is 501 g/mol. The molecule has 2 aromatic heterocycles.